The highest BCUT2D eigenvalue weighted by Crippen LogP contribution is 2.37. The third-order valence-electron chi connectivity index (χ3n) is 4.83. The Kier molecular flexibility index (Phi) is 4.10. The molecule has 1 aromatic heterocycles. The number of rotatable bonds is 2. The van der Waals surface area contributed by atoms with Crippen molar-refractivity contribution in [1.29, 1.82) is 0 Å². The molecule has 22 heavy (non-hydrogen) atoms. The van der Waals surface area contributed by atoms with Gasteiger partial charge in [-0.25, -0.2) is 4.39 Å². The molecule has 4 nitrogen and oxygen atoms in total. The van der Waals surface area contributed by atoms with Gasteiger partial charge in [0.15, 0.2) is 0 Å². The van der Waals surface area contributed by atoms with Crippen LogP contribution in [-0.4, -0.2) is 39.4 Å². The number of halogens is 2. The maximum Gasteiger partial charge on any atom is 0.238 e. The first kappa shape index (κ1) is 15.3. The summed E-state index contributed by atoms with van der Waals surface area (Å²) in [7, 11) is 0. The van der Waals surface area contributed by atoms with Crippen LogP contribution in [0.25, 0.3) is 11.1 Å². The zero-order valence-corrected chi connectivity index (χ0v) is 13.0. The van der Waals surface area contributed by atoms with Crippen molar-refractivity contribution >= 4 is 12.4 Å². The van der Waals surface area contributed by atoms with Crippen molar-refractivity contribution in [3.63, 3.8) is 0 Å². The maximum atomic E-state index is 13.0. The number of nitrogens with zero attached hydrogens (tertiary/aromatic N) is 3. The van der Waals surface area contributed by atoms with E-state index in [0.717, 1.165) is 12.1 Å². The van der Waals surface area contributed by atoms with Crippen LogP contribution in [-0.2, 0) is 0 Å². The highest BCUT2D eigenvalue weighted by Gasteiger charge is 2.36. The number of fused-ring (bicyclic) bond motifs is 3. The van der Waals surface area contributed by atoms with Gasteiger partial charge in [0.05, 0.1) is 11.6 Å². The molecule has 2 bridgehead atoms. The van der Waals surface area contributed by atoms with Gasteiger partial charge in [-0.3, -0.25) is 4.68 Å². The van der Waals surface area contributed by atoms with Gasteiger partial charge in [-0.2, -0.15) is 0 Å². The first-order chi connectivity index (χ1) is 10.2. The lowest BCUT2D eigenvalue weighted by molar-refractivity contribution is 0.0508. The predicted molar refractivity (Wildman–Crippen MR) is 84.7 cm³/mol. The average Bonchev–Trinajstić information content (AvgIpc) is 2.91. The van der Waals surface area contributed by atoms with Crippen LogP contribution in [0.1, 0.15) is 18.9 Å². The number of hydrogen-bond acceptors (Lipinski definition) is 3. The molecule has 3 fully saturated rings. The van der Waals surface area contributed by atoms with Gasteiger partial charge in [0.25, 0.3) is 0 Å². The Morgan fingerprint density at radius 2 is 1.82 bits per heavy atom. The van der Waals surface area contributed by atoms with Gasteiger partial charge >= 0.3 is 0 Å². The molecule has 1 aromatic carbocycles. The van der Waals surface area contributed by atoms with Crippen molar-refractivity contribution in [3.05, 3.63) is 36.3 Å². The third-order valence-corrected chi connectivity index (χ3v) is 4.83. The minimum Gasteiger partial charge on any atom is -0.492 e. The van der Waals surface area contributed by atoms with Crippen LogP contribution in [0.4, 0.5) is 4.39 Å². The molecule has 4 heterocycles. The van der Waals surface area contributed by atoms with Gasteiger partial charge in [0, 0.05) is 12.7 Å². The SMILES string of the molecule is Cl.Oc1nn(C2CN3CCC2CC3)cc1-c1ccc(F)cc1. The fourth-order valence-electron chi connectivity index (χ4n) is 3.62. The summed E-state index contributed by atoms with van der Waals surface area (Å²) >= 11 is 0. The van der Waals surface area contributed by atoms with Crippen LogP contribution in [0, 0.1) is 11.7 Å². The van der Waals surface area contributed by atoms with Crippen LogP contribution in [0.5, 0.6) is 5.88 Å². The van der Waals surface area contributed by atoms with Gasteiger partial charge in [-0.1, -0.05) is 12.1 Å². The second-order valence-corrected chi connectivity index (χ2v) is 6.06. The highest BCUT2D eigenvalue weighted by molar-refractivity contribution is 5.85. The molecule has 1 atom stereocenters. The van der Waals surface area contributed by atoms with Crippen LogP contribution >= 0.6 is 12.4 Å². The van der Waals surface area contributed by atoms with Gasteiger partial charge in [0.1, 0.15) is 5.82 Å². The van der Waals surface area contributed by atoms with E-state index in [-0.39, 0.29) is 24.1 Å². The Morgan fingerprint density at radius 3 is 2.41 bits per heavy atom. The lowest BCUT2D eigenvalue weighted by Gasteiger charge is -2.44. The largest absolute Gasteiger partial charge is 0.492 e. The molecular formula is C16H19ClFN3O. The van der Waals surface area contributed by atoms with E-state index in [0.29, 0.717) is 17.5 Å². The van der Waals surface area contributed by atoms with Crippen molar-refractivity contribution in [1.82, 2.24) is 14.7 Å². The zero-order valence-electron chi connectivity index (χ0n) is 12.2. The molecule has 6 heteroatoms. The van der Waals surface area contributed by atoms with Crippen molar-refractivity contribution in [2.45, 2.75) is 18.9 Å². The number of hydrogen-bond donors (Lipinski definition) is 1. The summed E-state index contributed by atoms with van der Waals surface area (Å²) in [5, 5.41) is 14.4. The summed E-state index contributed by atoms with van der Waals surface area (Å²) in [5.41, 5.74) is 1.47. The van der Waals surface area contributed by atoms with E-state index >= 15 is 0 Å². The quantitative estimate of drug-likeness (QED) is 0.923. The monoisotopic (exact) mass is 323 g/mol. The van der Waals surface area contributed by atoms with E-state index in [2.05, 4.69) is 10.00 Å². The van der Waals surface area contributed by atoms with Crippen LogP contribution in [0.15, 0.2) is 30.5 Å². The second kappa shape index (κ2) is 5.89. The van der Waals surface area contributed by atoms with Crippen molar-refractivity contribution < 1.29 is 9.50 Å². The fraction of sp³-hybridized carbons (Fsp3) is 0.438. The molecule has 118 valence electrons. The Bertz CT molecular complexity index is 650. The summed E-state index contributed by atoms with van der Waals surface area (Å²) in [4.78, 5) is 2.46. The number of benzene rings is 1. The maximum absolute atomic E-state index is 13.0. The Hall–Kier alpha value is -1.59. The summed E-state index contributed by atoms with van der Waals surface area (Å²) in [6.07, 6.45) is 4.31. The molecule has 1 N–H and O–H groups in total. The fourth-order valence-corrected chi connectivity index (χ4v) is 3.62. The van der Waals surface area contributed by atoms with Gasteiger partial charge in [-0.15, -0.1) is 17.5 Å². The Balaban J connectivity index is 0.00000144. The molecule has 3 saturated heterocycles. The molecule has 1 unspecified atom stereocenters. The van der Waals surface area contributed by atoms with Crippen LogP contribution < -0.4 is 0 Å². The predicted octanol–water partition coefficient (Wildman–Crippen LogP) is 3.08. The molecule has 0 aliphatic carbocycles. The van der Waals surface area contributed by atoms with Gasteiger partial charge in [0.2, 0.25) is 5.88 Å². The minimum atomic E-state index is -0.275. The smallest absolute Gasteiger partial charge is 0.238 e. The second-order valence-electron chi connectivity index (χ2n) is 6.06. The molecule has 0 spiro atoms. The topological polar surface area (TPSA) is 41.3 Å². The first-order valence-corrected chi connectivity index (χ1v) is 7.47. The molecule has 0 amide bonds. The highest BCUT2D eigenvalue weighted by atomic mass is 35.5. The molecule has 3 aliphatic rings. The molecule has 5 rings (SSSR count). The lowest BCUT2D eigenvalue weighted by atomic mass is 9.84. The molecule has 0 saturated carbocycles. The number of aromatic hydroxyl groups is 1. The van der Waals surface area contributed by atoms with E-state index in [1.165, 1.54) is 38.1 Å². The molecule has 2 aromatic rings. The van der Waals surface area contributed by atoms with Crippen LogP contribution in [0.2, 0.25) is 0 Å². The lowest BCUT2D eigenvalue weighted by Crippen LogP contribution is -2.48. The van der Waals surface area contributed by atoms with E-state index in [1.54, 1.807) is 12.1 Å². The van der Waals surface area contributed by atoms with E-state index < -0.39 is 0 Å². The summed E-state index contributed by atoms with van der Waals surface area (Å²) in [6.45, 7) is 3.37. The minimum absolute atomic E-state index is 0. The van der Waals surface area contributed by atoms with Crippen molar-refractivity contribution in [2.75, 3.05) is 19.6 Å². The molecule has 3 aliphatic heterocycles. The average molecular weight is 324 g/mol. The first-order valence-electron chi connectivity index (χ1n) is 7.47. The van der Waals surface area contributed by atoms with Crippen molar-refractivity contribution in [2.24, 2.45) is 5.92 Å². The standard InChI is InChI=1S/C16H18FN3O.ClH/c17-13-3-1-11(2-4-13)14-9-20(18-16(14)21)15-10-19-7-5-12(15)6-8-19;/h1-4,9,12,15H,5-8,10H2,(H,18,21);1H. The van der Waals surface area contributed by atoms with Crippen molar-refractivity contribution in [3.8, 4) is 17.0 Å². The van der Waals surface area contributed by atoms with E-state index in [4.69, 9.17) is 0 Å². The van der Waals surface area contributed by atoms with Crippen LogP contribution in [0.3, 0.4) is 0 Å². The van der Waals surface area contributed by atoms with E-state index in [9.17, 15) is 9.50 Å². The zero-order chi connectivity index (χ0) is 14.4. The van der Waals surface area contributed by atoms with E-state index in [1.807, 2.05) is 10.9 Å². The van der Waals surface area contributed by atoms with Gasteiger partial charge < -0.3 is 10.0 Å². The summed E-state index contributed by atoms with van der Waals surface area (Å²) in [6, 6.07) is 6.49. The number of piperidine rings is 3. The van der Waals surface area contributed by atoms with Gasteiger partial charge in [-0.05, 0) is 49.5 Å². The summed E-state index contributed by atoms with van der Waals surface area (Å²) < 4.78 is 14.9. The normalized spacial score (nSPS) is 26.7. The summed E-state index contributed by atoms with van der Waals surface area (Å²) in [5.74, 6) is 0.399. The number of aromatic nitrogens is 2. The molecular weight excluding hydrogens is 305 g/mol. The Labute approximate surface area is 135 Å². The Morgan fingerprint density at radius 1 is 1.14 bits per heavy atom. The molecule has 0 radical (unpaired) electrons. The third kappa shape index (κ3) is 2.59.